The summed E-state index contributed by atoms with van der Waals surface area (Å²) in [6.07, 6.45) is 22.9. The number of aliphatic carboxylic acids is 1. The van der Waals surface area contributed by atoms with Gasteiger partial charge in [0, 0.05) is 29.4 Å². The van der Waals surface area contributed by atoms with Gasteiger partial charge in [0.05, 0.1) is 0 Å². The highest BCUT2D eigenvalue weighted by Gasteiger charge is 2.16. The first-order chi connectivity index (χ1) is 15.0. The number of carboxylic acids is 1. The molecule has 4 heteroatoms. The zero-order chi connectivity index (χ0) is 22.9. The molecule has 0 amide bonds. The smallest absolute Gasteiger partial charge is 0.328 e. The van der Waals surface area contributed by atoms with Gasteiger partial charge in [-0.15, -0.1) is 0 Å². The van der Waals surface area contributed by atoms with Crippen LogP contribution in [0.1, 0.15) is 137 Å². The van der Waals surface area contributed by atoms with Gasteiger partial charge in [-0.25, -0.2) is 4.79 Å². The van der Waals surface area contributed by atoms with E-state index in [0.717, 1.165) is 35.7 Å². The molecule has 0 aliphatic carbocycles. The van der Waals surface area contributed by atoms with E-state index in [1.54, 1.807) is 0 Å². The highest BCUT2D eigenvalue weighted by molar-refractivity contribution is 5.99. The quantitative estimate of drug-likeness (QED) is 0.132. The molecule has 1 aromatic heterocycles. The van der Waals surface area contributed by atoms with Crippen molar-refractivity contribution < 1.29 is 14.7 Å². The number of rotatable bonds is 19. The van der Waals surface area contributed by atoms with Crippen LogP contribution in [0.3, 0.4) is 0 Å². The van der Waals surface area contributed by atoms with Crippen molar-refractivity contribution in [2.45, 2.75) is 124 Å². The molecule has 31 heavy (non-hydrogen) atoms. The lowest BCUT2D eigenvalue weighted by molar-refractivity contribution is -0.131. The molecule has 0 saturated carbocycles. The Morgan fingerprint density at radius 3 is 1.68 bits per heavy atom. The van der Waals surface area contributed by atoms with Gasteiger partial charge in [-0.05, 0) is 31.9 Å². The average molecular weight is 432 g/mol. The zero-order valence-electron chi connectivity index (χ0n) is 20.2. The maximum atomic E-state index is 12.6. The second-order valence-electron chi connectivity index (χ2n) is 8.96. The predicted octanol–water partition coefficient (Wildman–Crippen LogP) is 8.17. The predicted molar refractivity (Wildman–Crippen MR) is 131 cm³/mol. The summed E-state index contributed by atoms with van der Waals surface area (Å²) in [6, 6.07) is 0. The van der Waals surface area contributed by atoms with E-state index in [1.165, 1.54) is 89.5 Å². The Hall–Kier alpha value is -1.84. The number of aromatic nitrogens is 1. The summed E-state index contributed by atoms with van der Waals surface area (Å²) >= 11 is 0. The molecule has 0 radical (unpaired) electrons. The normalized spacial score (nSPS) is 11.5. The van der Waals surface area contributed by atoms with Crippen LogP contribution in [0.2, 0.25) is 0 Å². The van der Waals surface area contributed by atoms with E-state index >= 15 is 0 Å². The van der Waals surface area contributed by atoms with Gasteiger partial charge in [0.25, 0.3) is 0 Å². The van der Waals surface area contributed by atoms with E-state index in [0.29, 0.717) is 12.1 Å². The Balaban J connectivity index is 2.07. The number of aryl methyl sites for hydroxylation is 1. The molecule has 0 spiro atoms. The second-order valence-corrected chi connectivity index (χ2v) is 8.96. The van der Waals surface area contributed by atoms with Crippen molar-refractivity contribution in [2.24, 2.45) is 0 Å². The van der Waals surface area contributed by atoms with E-state index in [-0.39, 0.29) is 5.78 Å². The lowest BCUT2D eigenvalue weighted by Gasteiger charge is -2.04. The molecule has 0 unspecified atom stereocenters. The molecule has 2 N–H and O–H groups in total. The van der Waals surface area contributed by atoms with Gasteiger partial charge in [-0.1, -0.05) is 96.8 Å². The fourth-order valence-corrected chi connectivity index (χ4v) is 4.30. The molecule has 0 aliphatic rings. The Morgan fingerprint density at radius 1 is 0.774 bits per heavy atom. The van der Waals surface area contributed by atoms with Crippen molar-refractivity contribution in [1.29, 1.82) is 0 Å². The van der Waals surface area contributed by atoms with Gasteiger partial charge >= 0.3 is 5.97 Å². The van der Waals surface area contributed by atoms with Crippen molar-refractivity contribution in [1.82, 2.24) is 4.98 Å². The van der Waals surface area contributed by atoms with Crippen LogP contribution in [0.25, 0.3) is 6.08 Å². The van der Waals surface area contributed by atoms with E-state index in [9.17, 15) is 9.59 Å². The van der Waals surface area contributed by atoms with Gasteiger partial charge in [0.2, 0.25) is 0 Å². The topological polar surface area (TPSA) is 70.2 Å². The zero-order valence-corrected chi connectivity index (χ0v) is 20.2. The Morgan fingerprint density at radius 2 is 1.23 bits per heavy atom. The van der Waals surface area contributed by atoms with Crippen LogP contribution < -0.4 is 0 Å². The molecular formula is C27H45NO3. The first-order valence-electron chi connectivity index (χ1n) is 12.6. The number of hydrogen-bond acceptors (Lipinski definition) is 2. The Kier molecular flexibility index (Phi) is 14.7. The van der Waals surface area contributed by atoms with Crippen molar-refractivity contribution in [3.63, 3.8) is 0 Å². The first kappa shape index (κ1) is 27.2. The minimum atomic E-state index is -0.989. The summed E-state index contributed by atoms with van der Waals surface area (Å²) in [5.74, 6) is -0.826. The molecule has 1 heterocycles. The molecule has 0 saturated heterocycles. The molecule has 1 aromatic rings. The number of carboxylic acid groups (broad SMARTS) is 1. The summed E-state index contributed by atoms with van der Waals surface area (Å²) in [4.78, 5) is 26.5. The van der Waals surface area contributed by atoms with Crippen LogP contribution in [-0.4, -0.2) is 21.8 Å². The third kappa shape index (κ3) is 11.9. The largest absolute Gasteiger partial charge is 0.478 e. The van der Waals surface area contributed by atoms with Crippen LogP contribution in [0.15, 0.2) is 6.08 Å². The van der Waals surface area contributed by atoms with Crippen LogP contribution in [0, 0.1) is 13.8 Å². The van der Waals surface area contributed by atoms with Crippen molar-refractivity contribution in [2.75, 3.05) is 0 Å². The summed E-state index contributed by atoms with van der Waals surface area (Å²) in [7, 11) is 0. The molecule has 1 rings (SSSR count). The van der Waals surface area contributed by atoms with E-state index in [2.05, 4.69) is 11.9 Å². The van der Waals surface area contributed by atoms with E-state index < -0.39 is 5.97 Å². The second kappa shape index (κ2) is 16.8. The number of ketones is 1. The fraction of sp³-hybridized carbons (Fsp3) is 0.704. The minimum Gasteiger partial charge on any atom is -0.478 e. The molecule has 0 fully saturated rings. The number of unbranched alkanes of at least 4 members (excludes halogenated alkanes) is 14. The van der Waals surface area contributed by atoms with Gasteiger partial charge in [-0.3, -0.25) is 4.79 Å². The maximum absolute atomic E-state index is 12.6. The fourth-order valence-electron chi connectivity index (χ4n) is 4.30. The van der Waals surface area contributed by atoms with Gasteiger partial charge in [-0.2, -0.15) is 0 Å². The monoisotopic (exact) mass is 431 g/mol. The number of H-pyrrole nitrogens is 1. The van der Waals surface area contributed by atoms with Gasteiger partial charge < -0.3 is 10.1 Å². The molecule has 0 aromatic carbocycles. The van der Waals surface area contributed by atoms with Crippen LogP contribution in [0.5, 0.6) is 0 Å². The molecule has 0 atom stereocenters. The summed E-state index contributed by atoms with van der Waals surface area (Å²) in [5, 5.41) is 8.79. The number of Topliss-reactive ketones (excluding diaryl/α,β-unsaturated/α-hetero) is 1. The average Bonchev–Trinajstić information content (AvgIpc) is 3.02. The molecule has 176 valence electrons. The third-order valence-electron chi connectivity index (χ3n) is 6.15. The first-order valence-corrected chi connectivity index (χ1v) is 12.6. The summed E-state index contributed by atoms with van der Waals surface area (Å²) in [6.45, 7) is 6.03. The summed E-state index contributed by atoms with van der Waals surface area (Å²) in [5.41, 5.74) is 3.12. The van der Waals surface area contributed by atoms with Crippen molar-refractivity contribution in [3.05, 3.63) is 28.6 Å². The van der Waals surface area contributed by atoms with E-state index in [1.807, 2.05) is 13.8 Å². The number of aromatic amines is 1. The number of hydrogen-bond donors (Lipinski definition) is 2. The van der Waals surface area contributed by atoms with Crippen LogP contribution in [-0.2, 0) is 4.79 Å². The molecule has 0 aliphatic heterocycles. The maximum Gasteiger partial charge on any atom is 0.328 e. The lowest BCUT2D eigenvalue weighted by atomic mass is 9.99. The molecule has 4 nitrogen and oxygen atoms in total. The molecular weight excluding hydrogens is 386 g/mol. The minimum absolute atomic E-state index is 0.163. The van der Waals surface area contributed by atoms with Crippen LogP contribution >= 0.6 is 0 Å². The van der Waals surface area contributed by atoms with E-state index in [4.69, 9.17) is 5.11 Å². The number of nitrogens with one attached hydrogen (secondary N) is 1. The van der Waals surface area contributed by atoms with Crippen LogP contribution in [0.4, 0.5) is 0 Å². The summed E-state index contributed by atoms with van der Waals surface area (Å²) < 4.78 is 0. The standard InChI is InChI=1S/C27H45NO3/c1-4-5-6-7-8-9-10-11-12-13-14-15-16-17-18-19-25(29)27-22(2)24(28-23(27)3)20-21-26(30)31/h20-21,28H,4-19H2,1-3H3,(H,30,31). The lowest BCUT2D eigenvalue weighted by Crippen LogP contribution is -2.01. The number of carbonyl (C=O) groups excluding carboxylic acids is 1. The Labute approximate surface area is 189 Å². The van der Waals surface area contributed by atoms with Crippen molar-refractivity contribution >= 4 is 17.8 Å². The third-order valence-corrected chi connectivity index (χ3v) is 6.15. The SMILES string of the molecule is CCCCCCCCCCCCCCCCCC(=O)c1c(C)[nH]c(C=CC(=O)O)c1C. The van der Waals surface area contributed by atoms with Crippen molar-refractivity contribution in [3.8, 4) is 0 Å². The molecule has 0 bridgehead atoms. The van der Waals surface area contributed by atoms with Gasteiger partial charge in [0.15, 0.2) is 5.78 Å². The Bertz CT molecular complexity index is 672. The number of carbonyl (C=O) groups is 2. The van der Waals surface area contributed by atoms with Gasteiger partial charge in [0.1, 0.15) is 0 Å². The highest BCUT2D eigenvalue weighted by atomic mass is 16.4. The highest BCUT2D eigenvalue weighted by Crippen LogP contribution is 2.22.